The van der Waals surface area contributed by atoms with Gasteiger partial charge in [0.25, 0.3) is 0 Å². The van der Waals surface area contributed by atoms with Gasteiger partial charge in [0.2, 0.25) is 5.91 Å². The second kappa shape index (κ2) is 7.31. The molecule has 1 N–H and O–H groups in total. The molecule has 2 aliphatic heterocycles. The van der Waals surface area contributed by atoms with Gasteiger partial charge in [0.1, 0.15) is 5.54 Å². The first-order valence-corrected chi connectivity index (χ1v) is 9.55. The quantitative estimate of drug-likeness (QED) is 0.903. The predicted octanol–water partition coefficient (Wildman–Crippen LogP) is 3.43. The van der Waals surface area contributed by atoms with Crippen LogP contribution in [0.25, 0.3) is 0 Å². The van der Waals surface area contributed by atoms with Crippen LogP contribution in [0.4, 0.5) is 4.39 Å². The Labute approximate surface area is 159 Å². The van der Waals surface area contributed by atoms with Gasteiger partial charge in [0, 0.05) is 19.5 Å². The third kappa shape index (κ3) is 3.32. The molecule has 2 aliphatic rings. The molecule has 0 saturated carbocycles. The molecule has 4 nitrogen and oxygen atoms in total. The highest BCUT2D eigenvalue weighted by atomic mass is 19.1. The largest absolute Gasteiger partial charge is 0.494 e. The van der Waals surface area contributed by atoms with Gasteiger partial charge in [0.15, 0.2) is 11.6 Å². The molecule has 1 spiro atoms. The third-order valence-corrected chi connectivity index (χ3v) is 5.93. The number of benzene rings is 2. The van der Waals surface area contributed by atoms with E-state index in [1.807, 2.05) is 12.1 Å². The molecular weight excluding hydrogens is 343 g/mol. The summed E-state index contributed by atoms with van der Waals surface area (Å²) in [6.07, 6.45) is 3.66. The fourth-order valence-corrected chi connectivity index (χ4v) is 4.44. The molecule has 2 aromatic rings. The zero-order chi connectivity index (χ0) is 18.9. The number of fused-ring (bicyclic) bond motifs is 1. The van der Waals surface area contributed by atoms with Crippen molar-refractivity contribution in [2.24, 2.45) is 0 Å². The van der Waals surface area contributed by atoms with E-state index >= 15 is 0 Å². The zero-order valence-corrected chi connectivity index (χ0v) is 15.6. The summed E-state index contributed by atoms with van der Waals surface area (Å²) < 4.78 is 18.9. The Balaban J connectivity index is 1.68. The van der Waals surface area contributed by atoms with Crippen LogP contribution in [0.3, 0.4) is 0 Å². The lowest BCUT2D eigenvalue weighted by molar-refractivity contribution is -0.136. The highest BCUT2D eigenvalue weighted by molar-refractivity contribution is 5.87. The SMILES string of the molecule is COc1cc(CN2CCCCC23Cc2ccccc2CNC3=O)ccc1F. The second-order valence-corrected chi connectivity index (χ2v) is 7.51. The van der Waals surface area contributed by atoms with Crippen molar-refractivity contribution in [3.63, 3.8) is 0 Å². The van der Waals surface area contributed by atoms with E-state index in [0.717, 1.165) is 31.4 Å². The maximum absolute atomic E-state index is 13.8. The number of hydrogen-bond donors (Lipinski definition) is 1. The average Bonchev–Trinajstić information content (AvgIpc) is 2.83. The number of nitrogens with one attached hydrogen (secondary N) is 1. The smallest absolute Gasteiger partial charge is 0.241 e. The maximum atomic E-state index is 13.8. The molecule has 2 aromatic carbocycles. The van der Waals surface area contributed by atoms with Crippen LogP contribution in [0.15, 0.2) is 42.5 Å². The molecule has 27 heavy (non-hydrogen) atoms. The predicted molar refractivity (Wildman–Crippen MR) is 102 cm³/mol. The number of methoxy groups -OCH3 is 1. The Kier molecular flexibility index (Phi) is 4.87. The number of carbonyl (C=O) groups excluding carboxylic acids is 1. The number of piperidine rings is 1. The van der Waals surface area contributed by atoms with E-state index in [9.17, 15) is 9.18 Å². The molecule has 5 heteroatoms. The van der Waals surface area contributed by atoms with Gasteiger partial charge >= 0.3 is 0 Å². The van der Waals surface area contributed by atoms with Gasteiger partial charge in [-0.3, -0.25) is 9.69 Å². The minimum Gasteiger partial charge on any atom is -0.494 e. The van der Waals surface area contributed by atoms with E-state index in [1.165, 1.54) is 24.3 Å². The van der Waals surface area contributed by atoms with Crippen LogP contribution >= 0.6 is 0 Å². The van der Waals surface area contributed by atoms with E-state index in [4.69, 9.17) is 4.74 Å². The van der Waals surface area contributed by atoms with E-state index in [2.05, 4.69) is 22.3 Å². The normalized spacial score (nSPS) is 22.8. The van der Waals surface area contributed by atoms with Crippen LogP contribution in [0.2, 0.25) is 0 Å². The Hall–Kier alpha value is -2.40. The van der Waals surface area contributed by atoms with Crippen LogP contribution in [0.5, 0.6) is 5.75 Å². The molecule has 4 rings (SSSR count). The van der Waals surface area contributed by atoms with E-state index in [0.29, 0.717) is 19.5 Å². The minimum absolute atomic E-state index is 0.104. The van der Waals surface area contributed by atoms with Gasteiger partial charge in [0.05, 0.1) is 7.11 Å². The molecule has 1 amide bonds. The second-order valence-electron chi connectivity index (χ2n) is 7.51. The van der Waals surface area contributed by atoms with Crippen LogP contribution in [-0.2, 0) is 24.3 Å². The summed E-state index contributed by atoms with van der Waals surface area (Å²) in [5.41, 5.74) is 2.84. The van der Waals surface area contributed by atoms with Gasteiger partial charge in [-0.2, -0.15) is 0 Å². The zero-order valence-electron chi connectivity index (χ0n) is 15.6. The molecule has 0 aliphatic carbocycles. The first kappa shape index (κ1) is 18.0. The molecule has 1 saturated heterocycles. The van der Waals surface area contributed by atoms with Gasteiger partial charge in [-0.25, -0.2) is 4.39 Å². The summed E-state index contributed by atoms with van der Waals surface area (Å²) in [5, 5.41) is 3.14. The van der Waals surface area contributed by atoms with Crippen molar-refractivity contribution in [3.8, 4) is 5.75 Å². The van der Waals surface area contributed by atoms with Gasteiger partial charge in [-0.05, 0) is 54.6 Å². The number of hydrogen-bond acceptors (Lipinski definition) is 3. The summed E-state index contributed by atoms with van der Waals surface area (Å²) in [6.45, 7) is 2.04. The summed E-state index contributed by atoms with van der Waals surface area (Å²) in [5.74, 6) is -0.0163. The van der Waals surface area contributed by atoms with Crippen LogP contribution in [0, 0.1) is 5.82 Å². The van der Waals surface area contributed by atoms with E-state index < -0.39 is 5.54 Å². The lowest BCUT2D eigenvalue weighted by Crippen LogP contribution is -2.60. The number of nitrogens with zero attached hydrogens (tertiary/aromatic N) is 1. The standard InChI is InChI=1S/C22H25FN2O2/c1-27-20-12-16(8-9-19(20)23)15-25-11-5-4-10-22(25)13-17-6-2-3-7-18(17)14-24-21(22)26/h2-3,6-9,12H,4-5,10-11,13-15H2,1H3,(H,24,26). The molecule has 0 bridgehead atoms. The van der Waals surface area contributed by atoms with Crippen molar-refractivity contribution in [2.45, 2.75) is 44.3 Å². The number of amides is 1. The molecule has 1 fully saturated rings. The summed E-state index contributed by atoms with van der Waals surface area (Å²) in [7, 11) is 1.47. The lowest BCUT2D eigenvalue weighted by atomic mass is 9.80. The Bertz CT molecular complexity index is 854. The number of ether oxygens (including phenoxy) is 1. The summed E-state index contributed by atoms with van der Waals surface area (Å²) >= 11 is 0. The third-order valence-electron chi connectivity index (χ3n) is 5.93. The van der Waals surface area contributed by atoms with Crippen LogP contribution < -0.4 is 10.1 Å². The Morgan fingerprint density at radius 1 is 1.19 bits per heavy atom. The van der Waals surface area contributed by atoms with Crippen molar-refractivity contribution in [1.82, 2.24) is 10.2 Å². The lowest BCUT2D eigenvalue weighted by Gasteiger charge is -2.45. The van der Waals surface area contributed by atoms with E-state index in [1.54, 1.807) is 12.1 Å². The number of rotatable bonds is 3. The molecule has 0 aromatic heterocycles. The topological polar surface area (TPSA) is 41.6 Å². The minimum atomic E-state index is -0.549. The summed E-state index contributed by atoms with van der Waals surface area (Å²) in [4.78, 5) is 15.5. The maximum Gasteiger partial charge on any atom is 0.241 e. The Morgan fingerprint density at radius 2 is 2.00 bits per heavy atom. The van der Waals surface area contributed by atoms with Gasteiger partial charge in [-0.15, -0.1) is 0 Å². The highest BCUT2D eigenvalue weighted by Gasteiger charge is 2.46. The fourth-order valence-electron chi connectivity index (χ4n) is 4.44. The molecule has 1 unspecified atom stereocenters. The highest BCUT2D eigenvalue weighted by Crippen LogP contribution is 2.36. The first-order valence-electron chi connectivity index (χ1n) is 9.55. The van der Waals surface area contributed by atoms with Crippen molar-refractivity contribution in [3.05, 3.63) is 65.0 Å². The van der Waals surface area contributed by atoms with Crippen LogP contribution in [-0.4, -0.2) is 30.0 Å². The van der Waals surface area contributed by atoms with Gasteiger partial charge < -0.3 is 10.1 Å². The average molecular weight is 368 g/mol. The van der Waals surface area contributed by atoms with Crippen molar-refractivity contribution < 1.29 is 13.9 Å². The Morgan fingerprint density at radius 3 is 2.81 bits per heavy atom. The summed E-state index contributed by atoms with van der Waals surface area (Å²) in [6, 6.07) is 13.2. The monoisotopic (exact) mass is 368 g/mol. The van der Waals surface area contributed by atoms with Gasteiger partial charge in [-0.1, -0.05) is 30.3 Å². The van der Waals surface area contributed by atoms with Crippen molar-refractivity contribution in [2.75, 3.05) is 13.7 Å². The van der Waals surface area contributed by atoms with Crippen LogP contribution in [0.1, 0.15) is 36.0 Å². The molecule has 1 atom stereocenters. The first-order chi connectivity index (χ1) is 13.1. The molecule has 2 heterocycles. The molecule has 0 radical (unpaired) electrons. The van der Waals surface area contributed by atoms with Crippen molar-refractivity contribution >= 4 is 5.91 Å². The number of carbonyl (C=O) groups is 1. The van der Waals surface area contributed by atoms with Crippen molar-refractivity contribution in [1.29, 1.82) is 0 Å². The number of likely N-dealkylation sites (tertiary alicyclic amines) is 1. The molecular formula is C22H25FN2O2. The fraction of sp³-hybridized carbons (Fsp3) is 0.409. The molecule has 142 valence electrons. The number of halogens is 1. The van der Waals surface area contributed by atoms with E-state index in [-0.39, 0.29) is 17.5 Å².